The maximum Gasteiger partial charge on any atom is 0.420 e. The molecule has 39 heavy (non-hydrogen) atoms. The quantitative estimate of drug-likeness (QED) is 0.147. The SMILES string of the molecule is [C-]#[N+]/C(=c1/cc(-c2c(F)c(F)c(F)c(F)c2F)c(=C(C)C#N)cc1-c1c(F)c(F)c(F)c(F)c1F)C(F)(F)F. The molecular formula is C24H5F13N2. The maximum absolute atomic E-state index is 14.6. The average Bonchev–Trinajstić information content (AvgIpc) is 2.88. The van der Waals surface area contributed by atoms with Gasteiger partial charge in [-0.3, -0.25) is 0 Å². The molecule has 0 unspecified atom stereocenters. The predicted octanol–water partition coefficient (Wildman–Crippen LogP) is 6.70. The first-order chi connectivity index (χ1) is 18.0. The van der Waals surface area contributed by atoms with Gasteiger partial charge >= 0.3 is 6.18 Å². The number of nitrogens with zero attached hydrogens (tertiary/aromatic N) is 2. The molecule has 3 rings (SSSR count). The molecule has 2 nitrogen and oxygen atoms in total. The smallest absolute Gasteiger partial charge is 0.232 e. The van der Waals surface area contributed by atoms with Crippen molar-refractivity contribution in [3.8, 4) is 28.3 Å². The summed E-state index contributed by atoms with van der Waals surface area (Å²) in [4.78, 5) is 2.13. The Labute approximate surface area is 208 Å². The minimum Gasteiger partial charge on any atom is -0.232 e. The van der Waals surface area contributed by atoms with E-state index >= 15 is 0 Å². The molecule has 0 atom stereocenters. The van der Waals surface area contributed by atoms with Gasteiger partial charge in [-0.2, -0.15) is 18.4 Å². The molecule has 0 aliphatic heterocycles. The molecule has 0 aliphatic carbocycles. The van der Waals surface area contributed by atoms with Gasteiger partial charge in [-0.25, -0.2) is 48.7 Å². The fourth-order valence-electron chi connectivity index (χ4n) is 3.54. The lowest BCUT2D eigenvalue weighted by molar-refractivity contribution is -0.0691. The highest BCUT2D eigenvalue weighted by molar-refractivity contribution is 5.80. The number of benzene rings is 3. The van der Waals surface area contributed by atoms with Gasteiger partial charge in [-0.1, -0.05) is 6.07 Å². The molecule has 0 aromatic heterocycles. The third kappa shape index (κ3) is 4.54. The van der Waals surface area contributed by atoms with Gasteiger partial charge in [0.2, 0.25) is 11.6 Å². The fraction of sp³-hybridized carbons (Fsp3) is 0.0833. The Hall–Kier alpha value is -4.53. The molecule has 3 aromatic rings. The molecule has 3 aromatic carbocycles. The lowest BCUT2D eigenvalue weighted by Gasteiger charge is -2.16. The molecule has 0 spiro atoms. The number of alkyl halides is 3. The number of halogens is 13. The number of hydrogen-bond donors (Lipinski definition) is 0. The zero-order chi connectivity index (χ0) is 29.7. The largest absolute Gasteiger partial charge is 0.420 e. The molecule has 0 amide bonds. The van der Waals surface area contributed by atoms with Crippen molar-refractivity contribution in [2.24, 2.45) is 0 Å². The first kappa shape index (κ1) is 29.0. The van der Waals surface area contributed by atoms with Crippen LogP contribution < -0.4 is 10.4 Å². The van der Waals surface area contributed by atoms with E-state index in [2.05, 4.69) is 4.85 Å². The van der Waals surface area contributed by atoms with Crippen molar-refractivity contribution in [1.29, 1.82) is 5.26 Å². The summed E-state index contributed by atoms with van der Waals surface area (Å²) >= 11 is 0. The molecule has 0 aliphatic rings. The molecule has 0 radical (unpaired) electrons. The second-order valence-corrected chi connectivity index (χ2v) is 7.53. The minimum atomic E-state index is -5.75. The topological polar surface area (TPSA) is 28.1 Å². The van der Waals surface area contributed by atoms with Gasteiger partial charge in [0, 0.05) is 5.57 Å². The van der Waals surface area contributed by atoms with Crippen molar-refractivity contribution in [3.63, 3.8) is 0 Å². The Kier molecular flexibility index (Phi) is 7.43. The van der Waals surface area contributed by atoms with Gasteiger partial charge in [0.05, 0.1) is 23.8 Å². The van der Waals surface area contributed by atoms with Crippen LogP contribution in [-0.4, -0.2) is 6.18 Å². The fourth-order valence-corrected chi connectivity index (χ4v) is 3.54. The van der Waals surface area contributed by atoms with Crippen molar-refractivity contribution >= 4 is 11.3 Å². The first-order valence-corrected chi connectivity index (χ1v) is 9.78. The van der Waals surface area contributed by atoms with Crippen molar-refractivity contribution in [2.75, 3.05) is 0 Å². The van der Waals surface area contributed by atoms with Gasteiger partial charge in [0.1, 0.15) is 0 Å². The third-order valence-corrected chi connectivity index (χ3v) is 5.32. The summed E-state index contributed by atoms with van der Waals surface area (Å²) in [5.74, 6) is -26.4. The summed E-state index contributed by atoms with van der Waals surface area (Å²) in [5.41, 5.74) is -10.1. The zero-order valence-corrected chi connectivity index (χ0v) is 18.5. The minimum absolute atomic E-state index is 0.0937. The molecule has 15 heteroatoms. The van der Waals surface area contributed by atoms with Crippen LogP contribution in [-0.2, 0) is 0 Å². The Morgan fingerprint density at radius 2 is 0.949 bits per heavy atom. The van der Waals surface area contributed by atoms with E-state index in [0.717, 1.165) is 6.92 Å². The van der Waals surface area contributed by atoms with E-state index in [4.69, 9.17) is 6.57 Å². The molecule has 0 saturated heterocycles. The van der Waals surface area contributed by atoms with Gasteiger partial charge in [0.25, 0.3) is 5.70 Å². The molecule has 0 N–H and O–H groups in total. The highest BCUT2D eigenvalue weighted by Gasteiger charge is 2.38. The highest BCUT2D eigenvalue weighted by atomic mass is 19.4. The highest BCUT2D eigenvalue weighted by Crippen LogP contribution is 2.35. The van der Waals surface area contributed by atoms with Crippen LogP contribution in [0.15, 0.2) is 12.1 Å². The predicted molar refractivity (Wildman–Crippen MR) is 107 cm³/mol. The van der Waals surface area contributed by atoms with Crippen LogP contribution >= 0.6 is 0 Å². The third-order valence-electron chi connectivity index (χ3n) is 5.32. The van der Waals surface area contributed by atoms with Crippen molar-refractivity contribution in [1.82, 2.24) is 0 Å². The molecule has 0 saturated carbocycles. The van der Waals surface area contributed by atoms with E-state index in [1.54, 1.807) is 0 Å². The number of hydrogen-bond acceptors (Lipinski definition) is 1. The van der Waals surface area contributed by atoms with Crippen molar-refractivity contribution in [2.45, 2.75) is 13.1 Å². The molecule has 202 valence electrons. The van der Waals surface area contributed by atoms with Crippen molar-refractivity contribution < 1.29 is 57.1 Å². The number of rotatable bonds is 2. The normalized spacial score (nSPS) is 13.1. The molecule has 0 heterocycles. The van der Waals surface area contributed by atoms with Gasteiger partial charge in [-0.05, 0) is 34.6 Å². The Morgan fingerprint density at radius 3 is 1.26 bits per heavy atom. The van der Waals surface area contributed by atoms with Crippen molar-refractivity contribution in [3.05, 3.63) is 92.2 Å². The zero-order valence-electron chi connectivity index (χ0n) is 18.5. The van der Waals surface area contributed by atoms with Gasteiger partial charge in [-0.15, -0.1) is 0 Å². The lowest BCUT2D eigenvalue weighted by Crippen LogP contribution is -2.25. The van der Waals surface area contributed by atoms with Crippen LogP contribution in [0.3, 0.4) is 0 Å². The van der Waals surface area contributed by atoms with E-state index in [1.807, 2.05) is 0 Å². The monoisotopic (exact) mass is 568 g/mol. The Morgan fingerprint density at radius 1 is 0.641 bits per heavy atom. The molecular weight excluding hydrogens is 563 g/mol. The lowest BCUT2D eigenvalue weighted by atomic mass is 9.91. The summed E-state index contributed by atoms with van der Waals surface area (Å²) in [6.45, 7) is 7.65. The number of nitriles is 1. The van der Waals surface area contributed by atoms with Crippen LogP contribution in [0.25, 0.3) is 38.4 Å². The van der Waals surface area contributed by atoms with Crippen LogP contribution in [0.4, 0.5) is 57.1 Å². The summed E-state index contributed by atoms with van der Waals surface area (Å²) in [6.07, 6.45) is -5.75. The summed E-state index contributed by atoms with van der Waals surface area (Å²) in [5, 5.41) is 6.46. The maximum atomic E-state index is 14.6. The summed E-state index contributed by atoms with van der Waals surface area (Å²) in [7, 11) is 0. The van der Waals surface area contributed by atoms with Gasteiger partial charge in [0.15, 0.2) is 46.5 Å². The van der Waals surface area contributed by atoms with E-state index in [0.29, 0.717) is 0 Å². The second-order valence-electron chi connectivity index (χ2n) is 7.53. The average molecular weight is 568 g/mol. The van der Waals surface area contributed by atoms with Crippen LogP contribution in [0.2, 0.25) is 0 Å². The van der Waals surface area contributed by atoms with E-state index in [1.165, 1.54) is 6.07 Å². The van der Waals surface area contributed by atoms with E-state index < -0.39 is 108 Å². The standard InChI is InChI=1S/C24H5F13N2/c1-6(5-38)7-3-9(12-15(27)19(31)22(34)20(32)16(12)28)10(23(39-2)24(35,36)37)4-8(7)11-13(25)17(29)21(33)18(30)14(11)26/h3-4H,1H3/b7-6?,23-10-. The Balaban J connectivity index is 2.83. The van der Waals surface area contributed by atoms with Crippen LogP contribution in [0.1, 0.15) is 6.92 Å². The molecule has 0 fully saturated rings. The van der Waals surface area contributed by atoms with Gasteiger partial charge < -0.3 is 0 Å². The van der Waals surface area contributed by atoms with Crippen LogP contribution in [0.5, 0.6) is 0 Å². The Bertz CT molecular complexity index is 1720. The molecule has 0 bridgehead atoms. The van der Waals surface area contributed by atoms with Crippen LogP contribution in [0, 0.1) is 76.1 Å². The summed E-state index contributed by atoms with van der Waals surface area (Å²) < 4.78 is 182. The van der Waals surface area contributed by atoms with E-state index in [-0.39, 0.29) is 12.1 Å². The first-order valence-electron chi connectivity index (χ1n) is 9.78. The summed E-state index contributed by atoms with van der Waals surface area (Å²) in [6, 6.07) is 1.31. The second kappa shape index (κ2) is 9.98. The van der Waals surface area contributed by atoms with E-state index in [9.17, 15) is 62.3 Å².